The fourth-order valence-electron chi connectivity index (χ4n) is 2.17. The van der Waals surface area contributed by atoms with Crippen LogP contribution in [0.3, 0.4) is 0 Å². The van der Waals surface area contributed by atoms with E-state index < -0.39 is 0 Å². The van der Waals surface area contributed by atoms with Crippen molar-refractivity contribution in [1.82, 2.24) is 15.2 Å². The first-order chi connectivity index (χ1) is 10.4. The summed E-state index contributed by atoms with van der Waals surface area (Å²) in [6, 6.07) is 17.3. The van der Waals surface area contributed by atoms with Gasteiger partial charge in [-0.2, -0.15) is 0 Å². The van der Waals surface area contributed by atoms with Gasteiger partial charge in [-0.1, -0.05) is 36.4 Å². The number of ether oxygens (including phenoxy) is 1. The van der Waals surface area contributed by atoms with Crippen molar-refractivity contribution in [2.75, 3.05) is 0 Å². The van der Waals surface area contributed by atoms with Crippen LogP contribution in [0.1, 0.15) is 5.89 Å². The molecule has 2 aliphatic heterocycles. The summed E-state index contributed by atoms with van der Waals surface area (Å²) >= 11 is 0. The molecule has 5 nitrogen and oxygen atoms in total. The van der Waals surface area contributed by atoms with Gasteiger partial charge in [-0.05, 0) is 18.2 Å². The second kappa shape index (κ2) is 4.86. The van der Waals surface area contributed by atoms with Crippen LogP contribution in [0.4, 0.5) is 0 Å². The molecule has 4 rings (SSSR count). The van der Waals surface area contributed by atoms with Gasteiger partial charge in [0.05, 0.1) is 5.52 Å². The van der Waals surface area contributed by atoms with E-state index in [0.717, 1.165) is 16.7 Å². The molecule has 0 radical (unpaired) electrons. The topological polar surface area (TPSA) is 61.0 Å². The molecule has 0 N–H and O–H groups in total. The highest BCUT2D eigenvalue weighted by Gasteiger charge is 2.17. The van der Waals surface area contributed by atoms with E-state index in [1.54, 1.807) is 0 Å². The highest BCUT2D eigenvalue weighted by Crippen LogP contribution is 2.28. The summed E-state index contributed by atoms with van der Waals surface area (Å²) in [4.78, 5) is 4.41. The minimum atomic E-state index is 0.218. The first kappa shape index (κ1) is 11.8. The normalized spacial score (nSPS) is 11.0. The minimum absolute atomic E-state index is 0.218. The van der Waals surface area contributed by atoms with Crippen molar-refractivity contribution in [1.29, 1.82) is 0 Å². The maximum atomic E-state index is 5.66. The van der Waals surface area contributed by atoms with Crippen molar-refractivity contribution in [3.8, 4) is 17.3 Å². The fraction of sp³-hybridized carbons (Fsp3) is 0.0625. The van der Waals surface area contributed by atoms with Gasteiger partial charge in [0.1, 0.15) is 5.75 Å². The van der Waals surface area contributed by atoms with Gasteiger partial charge < -0.3 is 9.15 Å². The maximum absolute atomic E-state index is 5.66. The molecule has 0 aliphatic carbocycles. The summed E-state index contributed by atoms with van der Waals surface area (Å²) in [5, 5.41) is 9.20. The van der Waals surface area contributed by atoms with E-state index in [4.69, 9.17) is 9.15 Å². The van der Waals surface area contributed by atoms with Gasteiger partial charge in [0.15, 0.2) is 12.3 Å². The Balaban J connectivity index is 1.65. The molecular formula is C16H11N3O2. The van der Waals surface area contributed by atoms with Gasteiger partial charge in [-0.25, -0.2) is 4.98 Å². The summed E-state index contributed by atoms with van der Waals surface area (Å²) in [5.74, 6) is 1.64. The number of nitrogens with zero attached hydrogens (tertiary/aromatic N) is 3. The van der Waals surface area contributed by atoms with E-state index in [1.807, 2.05) is 54.6 Å². The van der Waals surface area contributed by atoms with Crippen LogP contribution in [0.2, 0.25) is 0 Å². The van der Waals surface area contributed by atoms with Crippen LogP contribution in [0.5, 0.6) is 5.75 Å². The van der Waals surface area contributed by atoms with E-state index in [9.17, 15) is 0 Å². The highest BCUT2D eigenvalue weighted by atomic mass is 16.5. The molecule has 2 aromatic rings. The third-order valence-electron chi connectivity index (χ3n) is 3.17. The predicted molar refractivity (Wildman–Crippen MR) is 77.0 cm³/mol. The summed E-state index contributed by atoms with van der Waals surface area (Å²) in [6.07, 6.45) is 0. The minimum Gasteiger partial charge on any atom is -0.484 e. The predicted octanol–water partition coefficient (Wildman–Crippen LogP) is 3.30. The number of benzene rings is 2. The smallest absolute Gasteiger partial charge is 0.254 e. The van der Waals surface area contributed by atoms with Crippen molar-refractivity contribution >= 4 is 10.9 Å². The zero-order valence-corrected chi connectivity index (χ0v) is 11.1. The molecule has 2 heterocycles. The van der Waals surface area contributed by atoms with Crippen LogP contribution in [0.15, 0.2) is 59.0 Å². The molecule has 0 fully saturated rings. The Morgan fingerprint density at radius 1 is 0.905 bits per heavy atom. The Morgan fingerprint density at radius 2 is 1.71 bits per heavy atom. The summed E-state index contributed by atoms with van der Waals surface area (Å²) in [5.41, 5.74) is 1.53. The van der Waals surface area contributed by atoms with E-state index >= 15 is 0 Å². The number of rotatable bonds is 3. The van der Waals surface area contributed by atoms with E-state index in [-0.39, 0.29) is 6.61 Å². The Bertz CT molecular complexity index is 858. The Hall–Kier alpha value is -2.95. The van der Waals surface area contributed by atoms with E-state index in [1.165, 1.54) is 0 Å². The van der Waals surface area contributed by atoms with Crippen molar-refractivity contribution in [2.24, 2.45) is 0 Å². The third-order valence-corrected chi connectivity index (χ3v) is 3.17. The first-order valence-electron chi connectivity index (χ1n) is 6.59. The standard InChI is InChI=1S/C16H11N3O2/c1-2-6-11(7-3-1)20-10-14-18-19-15-12-8-4-5-9-13(12)17-16(15)21-14/h1-9H,10H2. The third kappa shape index (κ3) is 2.18. The summed E-state index contributed by atoms with van der Waals surface area (Å²) in [7, 11) is 0. The summed E-state index contributed by atoms with van der Waals surface area (Å²) < 4.78 is 11.2. The lowest BCUT2D eigenvalue weighted by Crippen LogP contribution is -2.01. The van der Waals surface area contributed by atoms with Crippen LogP contribution in [-0.4, -0.2) is 15.2 Å². The van der Waals surface area contributed by atoms with Crippen molar-refractivity contribution in [3.63, 3.8) is 0 Å². The second-order valence-electron chi connectivity index (χ2n) is 4.58. The van der Waals surface area contributed by atoms with Crippen molar-refractivity contribution < 1.29 is 9.15 Å². The molecule has 0 saturated heterocycles. The number of fused-ring (bicyclic) bond motifs is 3. The average Bonchev–Trinajstić information content (AvgIpc) is 2.91. The Morgan fingerprint density at radius 3 is 2.62 bits per heavy atom. The number of hydrogen-bond donors (Lipinski definition) is 0. The molecule has 0 spiro atoms. The molecule has 0 bridgehead atoms. The lowest BCUT2D eigenvalue weighted by molar-refractivity contribution is 0.254. The molecule has 0 saturated carbocycles. The van der Waals surface area contributed by atoms with Crippen molar-refractivity contribution in [3.05, 3.63) is 60.5 Å². The second-order valence-corrected chi connectivity index (χ2v) is 4.58. The van der Waals surface area contributed by atoms with Crippen LogP contribution in [0, 0.1) is 0 Å². The Kier molecular flexibility index (Phi) is 2.74. The molecule has 0 unspecified atom stereocenters. The molecule has 5 heteroatoms. The maximum Gasteiger partial charge on any atom is 0.254 e. The molecule has 0 atom stereocenters. The van der Waals surface area contributed by atoms with Gasteiger partial charge in [0, 0.05) is 5.39 Å². The van der Waals surface area contributed by atoms with Crippen molar-refractivity contribution in [2.45, 2.75) is 6.61 Å². The molecule has 0 amide bonds. The lowest BCUT2D eigenvalue weighted by Gasteiger charge is -2.04. The van der Waals surface area contributed by atoms with Gasteiger partial charge in [-0.15, -0.1) is 10.2 Å². The van der Waals surface area contributed by atoms with Gasteiger partial charge >= 0.3 is 0 Å². The first-order valence-corrected chi connectivity index (χ1v) is 6.59. The largest absolute Gasteiger partial charge is 0.484 e. The Labute approximate surface area is 120 Å². The highest BCUT2D eigenvalue weighted by molar-refractivity contribution is 5.93. The van der Waals surface area contributed by atoms with E-state index in [2.05, 4.69) is 15.2 Å². The van der Waals surface area contributed by atoms with Gasteiger partial charge in [-0.3, -0.25) is 0 Å². The van der Waals surface area contributed by atoms with Crippen LogP contribution in [-0.2, 0) is 6.61 Å². The fourth-order valence-corrected chi connectivity index (χ4v) is 2.17. The summed E-state index contributed by atoms with van der Waals surface area (Å²) in [6.45, 7) is 0.218. The van der Waals surface area contributed by atoms with Crippen LogP contribution in [0.25, 0.3) is 22.5 Å². The molecule has 2 aromatic carbocycles. The molecule has 21 heavy (non-hydrogen) atoms. The zero-order valence-electron chi connectivity index (χ0n) is 11.1. The zero-order chi connectivity index (χ0) is 14.1. The molecule has 102 valence electrons. The SMILES string of the molecule is c1ccc(OCc2nnc3c4ccccc4nc-3o2)cc1. The molecule has 0 aromatic heterocycles. The molecular weight excluding hydrogens is 266 g/mol. The van der Waals surface area contributed by atoms with Crippen LogP contribution >= 0.6 is 0 Å². The number of hydrogen-bond acceptors (Lipinski definition) is 5. The number of aromatic nitrogens is 3. The number of para-hydroxylation sites is 2. The van der Waals surface area contributed by atoms with Crippen LogP contribution < -0.4 is 4.74 Å². The quantitative estimate of drug-likeness (QED) is 0.575. The van der Waals surface area contributed by atoms with E-state index in [0.29, 0.717) is 17.5 Å². The van der Waals surface area contributed by atoms with Gasteiger partial charge in [0.25, 0.3) is 5.89 Å². The monoisotopic (exact) mass is 277 g/mol. The van der Waals surface area contributed by atoms with Gasteiger partial charge in [0.2, 0.25) is 5.89 Å². The average molecular weight is 277 g/mol. The lowest BCUT2D eigenvalue weighted by atomic mass is 10.2. The molecule has 2 aliphatic rings.